The standard InChI is InChI=1S/C24H24FN3O3S2/c1-32-17-16-21(28-33(30,31)22-15-9-8-14-20(22)25)24(29)27-26-23(18-10-4-2-5-11-18)19-12-6-3-7-13-19/h2-15,21,28H,16-17H2,1H3,(H,27,29). The second-order valence-corrected chi connectivity index (χ2v) is 9.72. The van der Waals surface area contributed by atoms with E-state index in [2.05, 4.69) is 15.2 Å². The fourth-order valence-electron chi connectivity index (χ4n) is 3.07. The second-order valence-electron chi connectivity index (χ2n) is 7.05. The summed E-state index contributed by atoms with van der Waals surface area (Å²) in [5, 5.41) is 4.31. The van der Waals surface area contributed by atoms with Gasteiger partial charge in [0.2, 0.25) is 10.0 Å². The molecule has 0 aliphatic carbocycles. The van der Waals surface area contributed by atoms with Crippen molar-refractivity contribution in [3.8, 4) is 0 Å². The van der Waals surface area contributed by atoms with Crippen LogP contribution in [0.2, 0.25) is 0 Å². The Labute approximate surface area is 197 Å². The van der Waals surface area contributed by atoms with Gasteiger partial charge >= 0.3 is 0 Å². The average molecular weight is 486 g/mol. The summed E-state index contributed by atoms with van der Waals surface area (Å²) in [7, 11) is -4.25. The highest BCUT2D eigenvalue weighted by Crippen LogP contribution is 2.15. The van der Waals surface area contributed by atoms with Gasteiger partial charge in [-0.15, -0.1) is 0 Å². The maximum absolute atomic E-state index is 14.1. The molecule has 0 saturated carbocycles. The Morgan fingerprint density at radius 3 is 2.03 bits per heavy atom. The number of hydrogen-bond acceptors (Lipinski definition) is 5. The van der Waals surface area contributed by atoms with Gasteiger partial charge in [-0.2, -0.15) is 21.6 Å². The number of hydrazone groups is 1. The highest BCUT2D eigenvalue weighted by molar-refractivity contribution is 7.98. The highest BCUT2D eigenvalue weighted by atomic mass is 32.2. The molecule has 33 heavy (non-hydrogen) atoms. The first-order chi connectivity index (χ1) is 15.9. The van der Waals surface area contributed by atoms with Crippen LogP contribution < -0.4 is 10.1 Å². The molecule has 6 nitrogen and oxygen atoms in total. The lowest BCUT2D eigenvalue weighted by molar-refractivity contribution is -0.122. The normalized spacial score (nSPS) is 12.1. The molecule has 0 heterocycles. The maximum Gasteiger partial charge on any atom is 0.258 e. The monoisotopic (exact) mass is 485 g/mol. The van der Waals surface area contributed by atoms with Crippen molar-refractivity contribution in [3.05, 3.63) is 102 Å². The summed E-state index contributed by atoms with van der Waals surface area (Å²) in [6.07, 6.45) is 2.06. The van der Waals surface area contributed by atoms with Crippen molar-refractivity contribution < 1.29 is 17.6 Å². The van der Waals surface area contributed by atoms with Crippen LogP contribution >= 0.6 is 11.8 Å². The van der Waals surface area contributed by atoms with Crippen molar-refractivity contribution in [3.63, 3.8) is 0 Å². The summed E-state index contributed by atoms with van der Waals surface area (Å²) in [4.78, 5) is 12.5. The van der Waals surface area contributed by atoms with Crippen molar-refractivity contribution in [1.82, 2.24) is 10.1 Å². The van der Waals surface area contributed by atoms with E-state index in [0.717, 1.165) is 23.3 Å². The van der Waals surface area contributed by atoms with Crippen molar-refractivity contribution in [2.75, 3.05) is 12.0 Å². The fraction of sp³-hybridized carbons (Fsp3) is 0.167. The zero-order valence-corrected chi connectivity index (χ0v) is 19.6. The van der Waals surface area contributed by atoms with Gasteiger partial charge in [0.1, 0.15) is 16.8 Å². The summed E-state index contributed by atoms with van der Waals surface area (Å²) < 4.78 is 41.9. The Balaban J connectivity index is 1.87. The lowest BCUT2D eigenvalue weighted by Crippen LogP contribution is -2.46. The van der Waals surface area contributed by atoms with Crippen LogP contribution in [-0.4, -0.2) is 38.1 Å². The maximum atomic E-state index is 14.1. The number of nitrogens with zero attached hydrogens (tertiary/aromatic N) is 1. The third-order valence-electron chi connectivity index (χ3n) is 4.72. The average Bonchev–Trinajstić information content (AvgIpc) is 2.83. The van der Waals surface area contributed by atoms with E-state index < -0.39 is 32.7 Å². The number of benzene rings is 3. The predicted octanol–water partition coefficient (Wildman–Crippen LogP) is 3.79. The van der Waals surface area contributed by atoms with E-state index in [9.17, 15) is 17.6 Å². The molecule has 3 aromatic carbocycles. The summed E-state index contributed by atoms with van der Waals surface area (Å²) in [6.45, 7) is 0. The molecule has 0 aliphatic rings. The number of sulfonamides is 1. The summed E-state index contributed by atoms with van der Waals surface area (Å²) in [5.74, 6) is -0.998. The van der Waals surface area contributed by atoms with Gasteiger partial charge in [0.05, 0.1) is 5.71 Å². The SMILES string of the molecule is CSCCC(NS(=O)(=O)c1ccccc1F)C(=O)NN=C(c1ccccc1)c1ccccc1. The third kappa shape index (κ3) is 6.74. The van der Waals surface area contributed by atoms with Crippen LogP contribution in [0.25, 0.3) is 0 Å². The molecule has 2 N–H and O–H groups in total. The van der Waals surface area contributed by atoms with Gasteiger partial charge in [0.15, 0.2) is 0 Å². The topological polar surface area (TPSA) is 87.6 Å². The summed E-state index contributed by atoms with van der Waals surface area (Å²) in [5.41, 5.74) is 4.61. The van der Waals surface area contributed by atoms with Crippen LogP contribution in [0, 0.1) is 5.82 Å². The number of carbonyl (C=O) groups is 1. The lowest BCUT2D eigenvalue weighted by Gasteiger charge is -2.17. The molecule has 0 bridgehead atoms. The zero-order valence-electron chi connectivity index (χ0n) is 17.9. The van der Waals surface area contributed by atoms with E-state index in [-0.39, 0.29) is 6.42 Å². The molecule has 0 spiro atoms. The van der Waals surface area contributed by atoms with Crippen LogP contribution in [0.3, 0.4) is 0 Å². The van der Waals surface area contributed by atoms with E-state index >= 15 is 0 Å². The first-order valence-corrected chi connectivity index (χ1v) is 13.0. The smallest absolute Gasteiger partial charge is 0.258 e. The van der Waals surface area contributed by atoms with Crippen LogP contribution in [0.4, 0.5) is 4.39 Å². The summed E-state index contributed by atoms with van der Waals surface area (Å²) in [6, 6.07) is 22.6. The summed E-state index contributed by atoms with van der Waals surface area (Å²) >= 11 is 1.47. The van der Waals surface area contributed by atoms with E-state index in [1.54, 1.807) is 0 Å². The molecule has 0 fully saturated rings. The van der Waals surface area contributed by atoms with Crippen LogP contribution in [-0.2, 0) is 14.8 Å². The van der Waals surface area contributed by atoms with Gasteiger partial charge in [-0.3, -0.25) is 4.79 Å². The van der Waals surface area contributed by atoms with Crippen molar-refractivity contribution >= 4 is 33.4 Å². The molecule has 0 aliphatic heterocycles. The van der Waals surface area contributed by atoms with Gasteiger partial charge in [0, 0.05) is 11.1 Å². The Bertz CT molecular complexity index is 1160. The first-order valence-electron chi connectivity index (χ1n) is 10.2. The van der Waals surface area contributed by atoms with Crippen molar-refractivity contribution in [2.24, 2.45) is 5.10 Å². The second kappa shape index (κ2) is 11.7. The molecular formula is C24H24FN3O3S2. The molecule has 3 aromatic rings. The number of rotatable bonds is 10. The minimum atomic E-state index is -4.25. The molecular weight excluding hydrogens is 461 g/mol. The molecule has 1 atom stereocenters. The molecule has 3 rings (SSSR count). The van der Waals surface area contributed by atoms with Crippen LogP contribution in [0.1, 0.15) is 17.5 Å². The third-order valence-corrected chi connectivity index (χ3v) is 6.87. The Hall–Kier alpha value is -3.01. The number of amides is 1. The molecule has 0 saturated heterocycles. The molecule has 172 valence electrons. The minimum absolute atomic E-state index is 0.211. The van der Waals surface area contributed by atoms with E-state index in [0.29, 0.717) is 11.5 Å². The van der Waals surface area contributed by atoms with E-state index in [1.165, 1.54) is 23.9 Å². The molecule has 0 aromatic heterocycles. The molecule has 1 unspecified atom stereocenters. The first kappa shape index (κ1) is 24.6. The van der Waals surface area contributed by atoms with Crippen molar-refractivity contribution in [1.29, 1.82) is 0 Å². The van der Waals surface area contributed by atoms with Gasteiger partial charge in [0.25, 0.3) is 5.91 Å². The number of halogens is 1. The molecule has 1 amide bonds. The Morgan fingerprint density at radius 2 is 1.48 bits per heavy atom. The predicted molar refractivity (Wildman–Crippen MR) is 130 cm³/mol. The highest BCUT2D eigenvalue weighted by Gasteiger charge is 2.27. The number of nitrogens with one attached hydrogen (secondary N) is 2. The van der Waals surface area contributed by atoms with Gasteiger partial charge in [-0.25, -0.2) is 18.2 Å². The van der Waals surface area contributed by atoms with Gasteiger partial charge in [-0.1, -0.05) is 72.8 Å². The number of hydrogen-bond donors (Lipinski definition) is 2. The molecule has 9 heteroatoms. The quantitative estimate of drug-likeness (QED) is 0.338. The van der Waals surface area contributed by atoms with E-state index in [1.807, 2.05) is 66.9 Å². The van der Waals surface area contributed by atoms with Gasteiger partial charge in [-0.05, 0) is 30.6 Å². The van der Waals surface area contributed by atoms with Crippen molar-refractivity contribution in [2.45, 2.75) is 17.4 Å². The Kier molecular flexibility index (Phi) is 8.76. The molecule has 0 radical (unpaired) electrons. The number of carbonyl (C=O) groups excluding carboxylic acids is 1. The zero-order chi connectivity index (χ0) is 23.7. The van der Waals surface area contributed by atoms with Gasteiger partial charge < -0.3 is 0 Å². The van der Waals surface area contributed by atoms with Crippen LogP contribution in [0.15, 0.2) is 94.9 Å². The lowest BCUT2D eigenvalue weighted by atomic mass is 10.0. The fourth-order valence-corrected chi connectivity index (χ4v) is 4.85. The largest absolute Gasteiger partial charge is 0.271 e. The minimum Gasteiger partial charge on any atom is -0.271 e. The van der Waals surface area contributed by atoms with Crippen LogP contribution in [0.5, 0.6) is 0 Å². The Morgan fingerprint density at radius 1 is 0.939 bits per heavy atom. The number of thioether (sulfide) groups is 1. The van der Waals surface area contributed by atoms with E-state index in [4.69, 9.17) is 0 Å².